The zero-order valence-corrected chi connectivity index (χ0v) is 10.4. The van der Waals surface area contributed by atoms with Gasteiger partial charge in [0.25, 0.3) is 0 Å². The van der Waals surface area contributed by atoms with E-state index in [4.69, 9.17) is 5.11 Å². The molecule has 4 nitrogen and oxygen atoms in total. The highest BCUT2D eigenvalue weighted by Crippen LogP contribution is 2.34. The lowest BCUT2D eigenvalue weighted by atomic mass is 9.75. The third kappa shape index (κ3) is 2.61. The van der Waals surface area contributed by atoms with Crippen molar-refractivity contribution >= 4 is 11.9 Å². The largest absolute Gasteiger partial charge is 0.481 e. The van der Waals surface area contributed by atoms with E-state index in [1.807, 2.05) is 6.92 Å². The van der Waals surface area contributed by atoms with Gasteiger partial charge in [-0.05, 0) is 39.0 Å². The van der Waals surface area contributed by atoms with Crippen LogP contribution in [-0.2, 0) is 9.59 Å². The Morgan fingerprint density at radius 3 is 2.18 bits per heavy atom. The number of hydrogen-bond acceptors (Lipinski definition) is 2. The zero-order valence-electron chi connectivity index (χ0n) is 10.4. The van der Waals surface area contributed by atoms with Crippen molar-refractivity contribution in [1.29, 1.82) is 0 Å². The van der Waals surface area contributed by atoms with E-state index in [-0.39, 0.29) is 17.4 Å². The van der Waals surface area contributed by atoms with Crippen LogP contribution in [0.3, 0.4) is 0 Å². The van der Waals surface area contributed by atoms with Crippen LogP contribution < -0.4 is 5.32 Å². The van der Waals surface area contributed by atoms with Gasteiger partial charge in [0.2, 0.25) is 5.91 Å². The Kier molecular flexibility index (Phi) is 3.40. The number of carbonyl (C=O) groups is 2. The summed E-state index contributed by atoms with van der Waals surface area (Å²) in [4.78, 5) is 23.3. The highest BCUT2D eigenvalue weighted by molar-refractivity contribution is 5.85. The van der Waals surface area contributed by atoms with Gasteiger partial charge in [0, 0.05) is 5.54 Å². The molecule has 96 valence electrons. The van der Waals surface area contributed by atoms with E-state index in [0.717, 1.165) is 38.5 Å². The molecule has 0 aromatic heterocycles. The first kappa shape index (κ1) is 12.4. The number of aliphatic carboxylic acids is 1. The van der Waals surface area contributed by atoms with Crippen LogP contribution in [0.1, 0.15) is 51.9 Å². The fourth-order valence-electron chi connectivity index (χ4n) is 2.96. The molecule has 0 spiro atoms. The second-order valence-electron chi connectivity index (χ2n) is 5.74. The first-order chi connectivity index (χ1) is 8.02. The third-order valence-corrected chi connectivity index (χ3v) is 4.30. The van der Waals surface area contributed by atoms with Gasteiger partial charge in [0.1, 0.15) is 0 Å². The minimum atomic E-state index is -0.816. The van der Waals surface area contributed by atoms with Crippen LogP contribution in [0.2, 0.25) is 0 Å². The van der Waals surface area contributed by atoms with Crippen LogP contribution >= 0.6 is 0 Å². The smallest absolute Gasteiger partial charge is 0.307 e. The molecule has 0 heterocycles. The van der Waals surface area contributed by atoms with Gasteiger partial charge < -0.3 is 10.4 Å². The number of carboxylic acids is 1. The predicted molar refractivity (Wildman–Crippen MR) is 63.5 cm³/mol. The Morgan fingerprint density at radius 2 is 1.71 bits per heavy atom. The van der Waals surface area contributed by atoms with Crippen molar-refractivity contribution in [3.8, 4) is 0 Å². The lowest BCUT2D eigenvalue weighted by molar-refractivity contribution is -0.149. The lowest BCUT2D eigenvalue weighted by Gasteiger charge is -2.41. The van der Waals surface area contributed by atoms with Gasteiger partial charge in [-0.1, -0.05) is 12.8 Å². The molecular weight excluding hydrogens is 218 g/mol. The summed E-state index contributed by atoms with van der Waals surface area (Å²) >= 11 is 0. The summed E-state index contributed by atoms with van der Waals surface area (Å²) in [6.07, 6.45) is 6.45. The van der Waals surface area contributed by atoms with Gasteiger partial charge in [-0.3, -0.25) is 9.59 Å². The van der Waals surface area contributed by atoms with E-state index in [1.54, 1.807) is 0 Å². The SMILES string of the molecule is CC1(NC(=O)[C@@H]2CCCC[C@@H]2C(=O)O)CCC1. The molecular formula is C13H21NO3. The second-order valence-corrected chi connectivity index (χ2v) is 5.74. The van der Waals surface area contributed by atoms with Crippen LogP contribution in [0.15, 0.2) is 0 Å². The van der Waals surface area contributed by atoms with E-state index in [1.165, 1.54) is 0 Å². The van der Waals surface area contributed by atoms with Crippen molar-refractivity contribution in [3.63, 3.8) is 0 Å². The summed E-state index contributed by atoms with van der Waals surface area (Å²) in [6, 6.07) is 0. The molecule has 0 radical (unpaired) electrons. The number of carboxylic acid groups (broad SMARTS) is 1. The normalized spacial score (nSPS) is 31.4. The van der Waals surface area contributed by atoms with Crippen LogP contribution in [0.25, 0.3) is 0 Å². The summed E-state index contributed by atoms with van der Waals surface area (Å²) in [5.41, 5.74) is -0.0718. The van der Waals surface area contributed by atoms with Crippen molar-refractivity contribution in [3.05, 3.63) is 0 Å². The summed E-state index contributed by atoms with van der Waals surface area (Å²) in [5, 5.41) is 12.2. The Hall–Kier alpha value is -1.06. The van der Waals surface area contributed by atoms with Crippen LogP contribution in [0.4, 0.5) is 0 Å². The number of carbonyl (C=O) groups excluding carboxylic acids is 1. The molecule has 2 aliphatic carbocycles. The summed E-state index contributed by atoms with van der Waals surface area (Å²) in [5.74, 6) is -1.66. The highest BCUT2D eigenvalue weighted by Gasteiger charge is 2.40. The van der Waals surface area contributed by atoms with Crippen LogP contribution in [0.5, 0.6) is 0 Å². The zero-order chi connectivity index (χ0) is 12.5. The molecule has 0 aromatic rings. The Balaban J connectivity index is 1.98. The van der Waals surface area contributed by atoms with Gasteiger partial charge in [-0.25, -0.2) is 0 Å². The predicted octanol–water partition coefficient (Wildman–Crippen LogP) is 1.94. The average molecular weight is 239 g/mol. The van der Waals surface area contributed by atoms with Gasteiger partial charge in [0.15, 0.2) is 0 Å². The van der Waals surface area contributed by atoms with Gasteiger partial charge >= 0.3 is 5.97 Å². The number of nitrogens with one attached hydrogen (secondary N) is 1. The molecule has 2 aliphatic rings. The fourth-order valence-corrected chi connectivity index (χ4v) is 2.96. The third-order valence-electron chi connectivity index (χ3n) is 4.30. The van der Waals surface area contributed by atoms with Gasteiger partial charge in [0.05, 0.1) is 11.8 Å². The Morgan fingerprint density at radius 1 is 1.12 bits per heavy atom. The Labute approximate surface area is 102 Å². The standard InChI is InChI=1S/C13H21NO3/c1-13(7-4-8-13)14-11(15)9-5-2-3-6-10(9)12(16)17/h9-10H,2-8H2,1H3,(H,14,15)(H,16,17)/t9-,10+/m1/s1. The van der Waals surface area contributed by atoms with E-state index >= 15 is 0 Å². The van der Waals surface area contributed by atoms with Gasteiger partial charge in [-0.2, -0.15) is 0 Å². The lowest BCUT2D eigenvalue weighted by Crippen LogP contribution is -2.54. The van der Waals surface area contributed by atoms with Crippen molar-refractivity contribution < 1.29 is 14.7 Å². The maximum absolute atomic E-state index is 12.1. The second kappa shape index (κ2) is 4.67. The van der Waals surface area contributed by atoms with Crippen molar-refractivity contribution in [2.75, 3.05) is 0 Å². The molecule has 2 rings (SSSR count). The molecule has 2 N–H and O–H groups in total. The number of hydrogen-bond donors (Lipinski definition) is 2. The summed E-state index contributed by atoms with van der Waals surface area (Å²) in [6.45, 7) is 2.05. The monoisotopic (exact) mass is 239 g/mol. The van der Waals surface area contributed by atoms with Crippen LogP contribution in [-0.4, -0.2) is 22.5 Å². The van der Waals surface area contributed by atoms with Crippen molar-refractivity contribution in [2.45, 2.75) is 57.4 Å². The Bertz CT molecular complexity index is 323. The quantitative estimate of drug-likeness (QED) is 0.791. The topological polar surface area (TPSA) is 66.4 Å². The van der Waals surface area contributed by atoms with E-state index in [9.17, 15) is 9.59 Å². The number of amides is 1. The molecule has 2 saturated carbocycles. The van der Waals surface area contributed by atoms with Crippen molar-refractivity contribution in [2.24, 2.45) is 11.8 Å². The van der Waals surface area contributed by atoms with Gasteiger partial charge in [-0.15, -0.1) is 0 Å². The molecule has 1 amide bonds. The maximum Gasteiger partial charge on any atom is 0.307 e. The minimum absolute atomic E-state index is 0.0423. The molecule has 0 saturated heterocycles. The van der Waals surface area contributed by atoms with Crippen LogP contribution in [0, 0.1) is 11.8 Å². The maximum atomic E-state index is 12.1. The fraction of sp³-hybridized carbons (Fsp3) is 0.846. The van der Waals surface area contributed by atoms with E-state index in [0.29, 0.717) is 6.42 Å². The molecule has 2 fully saturated rings. The van der Waals surface area contributed by atoms with E-state index < -0.39 is 11.9 Å². The molecule has 0 aliphatic heterocycles. The average Bonchev–Trinajstić information content (AvgIpc) is 2.26. The molecule has 0 unspecified atom stereocenters. The first-order valence-electron chi connectivity index (χ1n) is 6.57. The molecule has 2 atom stereocenters. The molecule has 17 heavy (non-hydrogen) atoms. The highest BCUT2D eigenvalue weighted by atomic mass is 16.4. The summed E-state index contributed by atoms with van der Waals surface area (Å²) < 4.78 is 0. The van der Waals surface area contributed by atoms with E-state index in [2.05, 4.69) is 5.32 Å². The minimum Gasteiger partial charge on any atom is -0.481 e. The molecule has 0 bridgehead atoms. The molecule has 0 aromatic carbocycles. The summed E-state index contributed by atoms with van der Waals surface area (Å²) in [7, 11) is 0. The first-order valence-corrected chi connectivity index (χ1v) is 6.57. The van der Waals surface area contributed by atoms with Crippen molar-refractivity contribution in [1.82, 2.24) is 5.32 Å². The number of rotatable bonds is 3. The molecule has 4 heteroatoms.